The van der Waals surface area contributed by atoms with Gasteiger partial charge in [0.15, 0.2) is 0 Å². The number of hydrogen-bond acceptors (Lipinski definition) is 11. The van der Waals surface area contributed by atoms with E-state index in [9.17, 15) is 27.6 Å². The Labute approximate surface area is 348 Å². The highest BCUT2D eigenvalue weighted by molar-refractivity contribution is 7.91. The van der Waals surface area contributed by atoms with Gasteiger partial charge in [-0.3, -0.25) is 9.59 Å². The Morgan fingerprint density at radius 2 is 1.23 bits per heavy atom. The second-order valence-electron chi connectivity index (χ2n) is 15.7. The van der Waals surface area contributed by atoms with E-state index in [0.717, 1.165) is 12.8 Å². The maximum absolute atomic E-state index is 14.1. The van der Waals surface area contributed by atoms with E-state index < -0.39 is 34.1 Å². The fourth-order valence-corrected chi connectivity index (χ4v) is 9.72. The lowest BCUT2D eigenvalue weighted by Crippen LogP contribution is -2.51. The minimum Gasteiger partial charge on any atom is -0.455 e. The molecule has 4 N–H and O–H groups in total. The maximum Gasteiger partial charge on any atom is 0.407 e. The Morgan fingerprint density at radius 1 is 0.750 bits per heavy atom. The summed E-state index contributed by atoms with van der Waals surface area (Å²) in [5.41, 5.74) is 2.40. The molecule has 5 heterocycles. The van der Waals surface area contributed by atoms with Crippen LogP contribution in [0.4, 0.5) is 9.59 Å². The normalized spacial score (nSPS) is 19.9. The van der Waals surface area contributed by atoms with Crippen molar-refractivity contribution in [2.24, 2.45) is 11.8 Å². The van der Waals surface area contributed by atoms with Crippen LogP contribution in [-0.2, 0) is 28.9 Å². The standard InChI is InChI=1S/C42H52N8O9S/c1-7-23(3)35(47-41(53)57-5)39(51)49-17-9-11-29(49)37-43-21-27(45-37)25-14-16-33-32(19-25)59-31-15-13-26(20-34(31)60(33,55)56)28-22-44-38(46-28)30-12-10-18-50(30)40(52)36(24(4)8-2)48-42(54)58-6/h13-16,19-24,29-30,35-36H,7-12,17-18H2,1-6H3,(H,43,45)(H,44,46)(H,47,53)(H,48,54)/t23-,24-,29-,30-,35-,36-/m0/s1. The summed E-state index contributed by atoms with van der Waals surface area (Å²) in [7, 11) is -1.48. The van der Waals surface area contributed by atoms with Gasteiger partial charge < -0.3 is 44.6 Å². The number of alkyl carbamates (subject to hydrolysis) is 2. The molecule has 0 unspecified atom stereocenters. The van der Waals surface area contributed by atoms with Crippen LogP contribution in [0.25, 0.3) is 22.5 Å². The zero-order valence-electron chi connectivity index (χ0n) is 34.6. The highest BCUT2D eigenvalue weighted by Gasteiger charge is 2.40. The number of fused-ring (bicyclic) bond motifs is 2. The molecule has 3 aliphatic rings. The lowest BCUT2D eigenvalue weighted by atomic mass is 9.97. The van der Waals surface area contributed by atoms with Crippen molar-refractivity contribution in [3.8, 4) is 34.0 Å². The van der Waals surface area contributed by atoms with Crippen LogP contribution in [0.15, 0.2) is 58.6 Å². The van der Waals surface area contributed by atoms with E-state index in [0.29, 0.717) is 72.9 Å². The van der Waals surface area contributed by atoms with Crippen LogP contribution in [0.2, 0.25) is 0 Å². The van der Waals surface area contributed by atoms with E-state index in [1.165, 1.54) is 20.3 Å². The van der Waals surface area contributed by atoms with Gasteiger partial charge in [0, 0.05) is 24.2 Å². The molecule has 0 radical (unpaired) electrons. The molecule has 320 valence electrons. The average Bonchev–Trinajstić information content (AvgIpc) is 4.10. The molecule has 2 fully saturated rings. The van der Waals surface area contributed by atoms with Crippen molar-refractivity contribution in [1.82, 2.24) is 40.4 Å². The van der Waals surface area contributed by atoms with E-state index in [4.69, 9.17) is 14.2 Å². The molecule has 2 aromatic heterocycles. The number of H-pyrrole nitrogens is 2. The number of likely N-dealkylation sites (tertiary alicyclic amines) is 2. The maximum atomic E-state index is 14.1. The zero-order chi connectivity index (χ0) is 42.9. The quantitative estimate of drug-likeness (QED) is 0.110. The SMILES string of the molecule is CC[C@H](C)[C@H](NC(=O)OC)C(=O)N1CCC[C@H]1c1ncc(-c2ccc3c(c2)Oc2ccc(-c4cnc([C@@H]5CCCN5C(=O)[C@@H](NC(=O)OC)[C@@H](C)CC)[nH]4)cc2S3(=O)=O)[nH]1. The van der Waals surface area contributed by atoms with Crippen LogP contribution in [0.1, 0.15) is 90.0 Å². The number of hydrogen-bond donors (Lipinski definition) is 4. The zero-order valence-corrected chi connectivity index (χ0v) is 35.4. The first-order valence-electron chi connectivity index (χ1n) is 20.4. The number of aromatic nitrogens is 4. The Kier molecular flexibility index (Phi) is 12.2. The summed E-state index contributed by atoms with van der Waals surface area (Å²) in [4.78, 5) is 71.1. The fourth-order valence-electron chi connectivity index (χ4n) is 8.21. The number of aromatic amines is 2. The number of amides is 4. The average molecular weight is 845 g/mol. The highest BCUT2D eigenvalue weighted by Crippen LogP contribution is 2.45. The van der Waals surface area contributed by atoms with Crippen LogP contribution < -0.4 is 15.4 Å². The highest BCUT2D eigenvalue weighted by atomic mass is 32.2. The van der Waals surface area contributed by atoms with Crippen LogP contribution in [0.5, 0.6) is 11.5 Å². The molecule has 0 saturated carbocycles. The van der Waals surface area contributed by atoms with E-state index in [1.807, 2.05) is 27.7 Å². The smallest absolute Gasteiger partial charge is 0.407 e. The van der Waals surface area contributed by atoms with Crippen molar-refractivity contribution in [2.45, 2.75) is 100 Å². The predicted molar refractivity (Wildman–Crippen MR) is 219 cm³/mol. The Bertz CT molecular complexity index is 2380. The molecule has 3 aliphatic heterocycles. The first-order valence-corrected chi connectivity index (χ1v) is 21.9. The number of ether oxygens (including phenoxy) is 3. The van der Waals surface area contributed by atoms with Gasteiger partial charge in [0.25, 0.3) is 0 Å². The second kappa shape index (κ2) is 17.4. The third-order valence-electron chi connectivity index (χ3n) is 12.1. The summed E-state index contributed by atoms with van der Waals surface area (Å²) in [6, 6.07) is 7.56. The van der Waals surface area contributed by atoms with E-state index in [1.54, 1.807) is 52.5 Å². The predicted octanol–water partition coefficient (Wildman–Crippen LogP) is 6.27. The van der Waals surface area contributed by atoms with Gasteiger partial charge in [-0.15, -0.1) is 0 Å². The molecular weight excluding hydrogens is 793 g/mol. The van der Waals surface area contributed by atoms with Crippen molar-refractivity contribution in [1.29, 1.82) is 0 Å². The molecule has 0 aliphatic carbocycles. The minimum absolute atomic E-state index is 0.00607. The van der Waals surface area contributed by atoms with Gasteiger partial charge in [-0.1, -0.05) is 46.6 Å². The third-order valence-corrected chi connectivity index (χ3v) is 13.9. The van der Waals surface area contributed by atoms with Gasteiger partial charge in [-0.05, 0) is 67.9 Å². The molecule has 60 heavy (non-hydrogen) atoms. The van der Waals surface area contributed by atoms with Crippen molar-refractivity contribution in [3.05, 3.63) is 60.4 Å². The molecule has 17 nitrogen and oxygen atoms in total. The van der Waals surface area contributed by atoms with Crippen LogP contribution >= 0.6 is 0 Å². The molecule has 4 aromatic rings. The van der Waals surface area contributed by atoms with Gasteiger partial charge in [0.2, 0.25) is 21.7 Å². The van der Waals surface area contributed by atoms with Gasteiger partial charge in [-0.2, -0.15) is 0 Å². The van der Waals surface area contributed by atoms with Crippen LogP contribution in [-0.4, -0.2) is 102 Å². The number of nitrogens with zero attached hydrogens (tertiary/aromatic N) is 4. The Balaban J connectivity index is 1.08. The Morgan fingerprint density at radius 3 is 1.72 bits per heavy atom. The number of benzene rings is 2. The van der Waals surface area contributed by atoms with Crippen molar-refractivity contribution in [2.75, 3.05) is 27.3 Å². The molecule has 2 aromatic carbocycles. The molecule has 7 rings (SSSR count). The van der Waals surface area contributed by atoms with Gasteiger partial charge in [0.1, 0.15) is 45.0 Å². The second-order valence-corrected chi connectivity index (χ2v) is 17.6. The summed E-state index contributed by atoms with van der Waals surface area (Å²) in [5, 5.41) is 5.41. The number of carbonyl (C=O) groups excluding carboxylic acids is 4. The van der Waals surface area contributed by atoms with Crippen LogP contribution in [0.3, 0.4) is 0 Å². The van der Waals surface area contributed by atoms with E-state index >= 15 is 0 Å². The third kappa shape index (κ3) is 8.03. The van der Waals surface area contributed by atoms with Crippen molar-refractivity contribution >= 4 is 33.8 Å². The topological polar surface area (TPSA) is 218 Å². The number of carbonyl (C=O) groups is 4. The molecule has 0 bridgehead atoms. The molecular formula is C42H52N8O9S. The summed E-state index contributed by atoms with van der Waals surface area (Å²) < 4.78 is 44.0. The number of imidazole rings is 2. The lowest BCUT2D eigenvalue weighted by molar-refractivity contribution is -0.136. The molecule has 6 atom stereocenters. The minimum atomic E-state index is -4.01. The fraction of sp³-hybridized carbons (Fsp3) is 0.476. The first-order chi connectivity index (χ1) is 28.8. The summed E-state index contributed by atoms with van der Waals surface area (Å²) in [6.45, 7) is 8.75. The number of methoxy groups -OCH3 is 2. The molecule has 0 spiro atoms. The monoisotopic (exact) mass is 844 g/mol. The summed E-state index contributed by atoms with van der Waals surface area (Å²) in [5.74, 6) is 0.825. The first kappa shape index (κ1) is 42.2. The van der Waals surface area contributed by atoms with E-state index in [2.05, 4.69) is 30.6 Å². The largest absolute Gasteiger partial charge is 0.455 e. The summed E-state index contributed by atoms with van der Waals surface area (Å²) in [6.07, 6.45) is 6.17. The lowest BCUT2D eigenvalue weighted by Gasteiger charge is -2.30. The van der Waals surface area contributed by atoms with Crippen molar-refractivity contribution in [3.63, 3.8) is 0 Å². The number of rotatable bonds is 12. The van der Waals surface area contributed by atoms with Gasteiger partial charge in [0.05, 0.1) is 50.1 Å². The molecule has 2 saturated heterocycles. The number of sulfone groups is 1. The van der Waals surface area contributed by atoms with Gasteiger partial charge in [-0.25, -0.2) is 28.0 Å². The molecule has 18 heteroatoms. The van der Waals surface area contributed by atoms with E-state index in [-0.39, 0.29) is 57.0 Å². The van der Waals surface area contributed by atoms with Crippen molar-refractivity contribution < 1.29 is 41.8 Å². The summed E-state index contributed by atoms with van der Waals surface area (Å²) >= 11 is 0. The van der Waals surface area contributed by atoms with Gasteiger partial charge >= 0.3 is 12.2 Å². The van der Waals surface area contributed by atoms with Crippen LogP contribution in [0, 0.1) is 11.8 Å². The Hall–Kier alpha value is -5.91. The molecule has 4 amide bonds. The number of nitrogens with one attached hydrogen (secondary N) is 4.